The highest BCUT2D eigenvalue weighted by molar-refractivity contribution is 4.87. The van der Waals surface area contributed by atoms with Crippen LogP contribution in [0.3, 0.4) is 0 Å². The maximum atomic E-state index is 9.86. The fourth-order valence-electron chi connectivity index (χ4n) is 2.00. The lowest BCUT2D eigenvalue weighted by Gasteiger charge is -2.38. The van der Waals surface area contributed by atoms with Crippen LogP contribution in [0.25, 0.3) is 0 Å². The van der Waals surface area contributed by atoms with E-state index in [2.05, 4.69) is 31.1 Å². The first-order valence-electron chi connectivity index (χ1n) is 5.99. The van der Waals surface area contributed by atoms with Gasteiger partial charge in [-0.25, -0.2) is 0 Å². The van der Waals surface area contributed by atoms with E-state index in [4.69, 9.17) is 0 Å². The highest BCUT2D eigenvalue weighted by Gasteiger charge is 2.28. The molecule has 3 atom stereocenters. The normalized spacial score (nSPS) is 31.6. The number of nitrogens with zero attached hydrogens (tertiary/aromatic N) is 1. The molecule has 1 aliphatic rings. The first-order valence-corrected chi connectivity index (χ1v) is 5.99. The van der Waals surface area contributed by atoms with Gasteiger partial charge in [0, 0.05) is 18.1 Å². The van der Waals surface area contributed by atoms with E-state index in [0.29, 0.717) is 12.1 Å². The van der Waals surface area contributed by atoms with Gasteiger partial charge >= 0.3 is 0 Å². The Balaban J connectivity index is 2.40. The number of likely N-dealkylation sites (tertiary alicyclic amines) is 1. The standard InChI is InChI=1S/C12H26N2O/c1-9-8-11(6-7-14(9)5)13-10(2)12(3,4)15/h9-11,13,15H,6-8H2,1-5H3. The molecule has 0 radical (unpaired) electrons. The van der Waals surface area contributed by atoms with Crippen LogP contribution in [0.1, 0.15) is 40.5 Å². The molecular formula is C12H26N2O. The fourth-order valence-corrected chi connectivity index (χ4v) is 2.00. The molecule has 0 aromatic carbocycles. The summed E-state index contributed by atoms with van der Waals surface area (Å²) in [5.74, 6) is 0. The zero-order chi connectivity index (χ0) is 11.6. The number of piperidine rings is 1. The minimum absolute atomic E-state index is 0.151. The smallest absolute Gasteiger partial charge is 0.0741 e. The fraction of sp³-hybridized carbons (Fsp3) is 1.00. The minimum atomic E-state index is -0.632. The van der Waals surface area contributed by atoms with Crippen LogP contribution >= 0.6 is 0 Å². The third kappa shape index (κ3) is 3.74. The second-order valence-corrected chi connectivity index (χ2v) is 5.59. The number of hydrogen-bond acceptors (Lipinski definition) is 3. The average Bonchev–Trinajstić information content (AvgIpc) is 2.10. The van der Waals surface area contributed by atoms with E-state index in [9.17, 15) is 5.11 Å². The van der Waals surface area contributed by atoms with Crippen LogP contribution in [-0.4, -0.2) is 47.3 Å². The highest BCUT2D eigenvalue weighted by Crippen LogP contribution is 2.17. The van der Waals surface area contributed by atoms with Crippen molar-refractivity contribution in [3.05, 3.63) is 0 Å². The van der Waals surface area contributed by atoms with Gasteiger partial charge in [0.1, 0.15) is 0 Å². The summed E-state index contributed by atoms with van der Waals surface area (Å²) in [5.41, 5.74) is -0.632. The van der Waals surface area contributed by atoms with Crippen molar-refractivity contribution in [2.75, 3.05) is 13.6 Å². The maximum absolute atomic E-state index is 9.86. The molecule has 1 saturated heterocycles. The van der Waals surface area contributed by atoms with Crippen molar-refractivity contribution in [1.29, 1.82) is 0 Å². The molecule has 1 fully saturated rings. The van der Waals surface area contributed by atoms with E-state index in [1.165, 1.54) is 12.8 Å². The molecule has 1 aliphatic heterocycles. The van der Waals surface area contributed by atoms with Gasteiger partial charge in [0.25, 0.3) is 0 Å². The van der Waals surface area contributed by atoms with Gasteiger partial charge in [0.2, 0.25) is 0 Å². The van der Waals surface area contributed by atoms with Gasteiger partial charge in [-0.05, 0) is 54.1 Å². The quantitative estimate of drug-likeness (QED) is 0.741. The van der Waals surface area contributed by atoms with Gasteiger partial charge in [0.15, 0.2) is 0 Å². The lowest BCUT2D eigenvalue weighted by Crippen LogP contribution is -2.53. The molecule has 0 aliphatic carbocycles. The Labute approximate surface area is 93.9 Å². The van der Waals surface area contributed by atoms with Gasteiger partial charge in [0.05, 0.1) is 5.60 Å². The first-order chi connectivity index (χ1) is 6.80. The summed E-state index contributed by atoms with van der Waals surface area (Å²) in [6.45, 7) is 9.20. The summed E-state index contributed by atoms with van der Waals surface area (Å²) in [6, 6.07) is 1.35. The summed E-state index contributed by atoms with van der Waals surface area (Å²) in [6.07, 6.45) is 2.36. The number of hydrogen-bond donors (Lipinski definition) is 2. The van der Waals surface area contributed by atoms with Crippen molar-refractivity contribution in [3.8, 4) is 0 Å². The number of aliphatic hydroxyl groups is 1. The Morgan fingerprint density at radius 3 is 2.53 bits per heavy atom. The van der Waals surface area contributed by atoms with Crippen LogP contribution in [0.4, 0.5) is 0 Å². The molecule has 15 heavy (non-hydrogen) atoms. The average molecular weight is 214 g/mol. The molecule has 0 aromatic rings. The SMILES string of the molecule is CC1CC(NC(C)C(C)(C)O)CCN1C. The number of rotatable bonds is 3. The predicted molar refractivity (Wildman–Crippen MR) is 64.0 cm³/mol. The van der Waals surface area contributed by atoms with Crippen molar-refractivity contribution in [3.63, 3.8) is 0 Å². The summed E-state index contributed by atoms with van der Waals surface area (Å²) in [7, 11) is 2.18. The van der Waals surface area contributed by atoms with Crippen LogP contribution in [0.15, 0.2) is 0 Å². The summed E-state index contributed by atoms with van der Waals surface area (Å²) < 4.78 is 0. The molecule has 3 heteroatoms. The first kappa shape index (κ1) is 12.9. The second-order valence-electron chi connectivity index (χ2n) is 5.59. The second kappa shape index (κ2) is 4.81. The van der Waals surface area contributed by atoms with Crippen LogP contribution in [0.2, 0.25) is 0 Å². The number of nitrogens with one attached hydrogen (secondary N) is 1. The molecule has 0 amide bonds. The van der Waals surface area contributed by atoms with Crippen LogP contribution < -0.4 is 5.32 Å². The molecule has 0 spiro atoms. The predicted octanol–water partition coefficient (Wildman–Crippen LogP) is 1.22. The monoisotopic (exact) mass is 214 g/mol. The van der Waals surface area contributed by atoms with Crippen molar-refractivity contribution >= 4 is 0 Å². The van der Waals surface area contributed by atoms with Crippen molar-refractivity contribution in [1.82, 2.24) is 10.2 Å². The van der Waals surface area contributed by atoms with E-state index in [-0.39, 0.29) is 6.04 Å². The molecule has 0 saturated carbocycles. The minimum Gasteiger partial charge on any atom is -0.389 e. The summed E-state index contributed by atoms with van der Waals surface area (Å²) in [4.78, 5) is 2.40. The maximum Gasteiger partial charge on any atom is 0.0741 e. The van der Waals surface area contributed by atoms with Gasteiger partial charge in [-0.3, -0.25) is 0 Å². The summed E-state index contributed by atoms with van der Waals surface area (Å²) in [5, 5.41) is 13.4. The molecule has 0 aromatic heterocycles. The zero-order valence-electron chi connectivity index (χ0n) is 10.7. The van der Waals surface area contributed by atoms with E-state index in [1.807, 2.05) is 13.8 Å². The lowest BCUT2D eigenvalue weighted by atomic mass is 9.94. The van der Waals surface area contributed by atoms with Gasteiger partial charge in [-0.1, -0.05) is 0 Å². The summed E-state index contributed by atoms with van der Waals surface area (Å²) >= 11 is 0. The molecule has 0 bridgehead atoms. The van der Waals surface area contributed by atoms with Crippen molar-refractivity contribution < 1.29 is 5.11 Å². The largest absolute Gasteiger partial charge is 0.389 e. The molecule has 1 rings (SSSR count). The molecular weight excluding hydrogens is 188 g/mol. The van der Waals surface area contributed by atoms with E-state index >= 15 is 0 Å². The molecule has 1 heterocycles. The van der Waals surface area contributed by atoms with E-state index in [1.54, 1.807) is 0 Å². The Morgan fingerprint density at radius 2 is 2.07 bits per heavy atom. The van der Waals surface area contributed by atoms with Crippen molar-refractivity contribution in [2.24, 2.45) is 0 Å². The van der Waals surface area contributed by atoms with E-state index in [0.717, 1.165) is 6.54 Å². The lowest BCUT2D eigenvalue weighted by molar-refractivity contribution is 0.0333. The topological polar surface area (TPSA) is 35.5 Å². The van der Waals surface area contributed by atoms with Gasteiger partial charge in [-0.2, -0.15) is 0 Å². The third-order valence-electron chi connectivity index (χ3n) is 3.75. The molecule has 3 nitrogen and oxygen atoms in total. The molecule has 90 valence electrons. The molecule has 3 unspecified atom stereocenters. The van der Waals surface area contributed by atoms with Crippen LogP contribution in [0, 0.1) is 0 Å². The van der Waals surface area contributed by atoms with Crippen molar-refractivity contribution in [2.45, 2.75) is 64.3 Å². The molecule has 2 N–H and O–H groups in total. The van der Waals surface area contributed by atoms with Gasteiger partial charge in [-0.15, -0.1) is 0 Å². The van der Waals surface area contributed by atoms with Crippen LogP contribution in [0.5, 0.6) is 0 Å². The Hall–Kier alpha value is -0.120. The Kier molecular flexibility index (Phi) is 4.15. The van der Waals surface area contributed by atoms with Crippen LogP contribution in [-0.2, 0) is 0 Å². The highest BCUT2D eigenvalue weighted by atomic mass is 16.3. The van der Waals surface area contributed by atoms with E-state index < -0.39 is 5.60 Å². The Morgan fingerprint density at radius 1 is 1.47 bits per heavy atom. The Bertz CT molecular complexity index is 200. The van der Waals surface area contributed by atoms with Gasteiger partial charge < -0.3 is 15.3 Å². The third-order valence-corrected chi connectivity index (χ3v) is 3.75. The zero-order valence-corrected chi connectivity index (χ0v) is 10.7.